The number of carbonyl (C=O) groups excluding carboxylic acids is 2. The first kappa shape index (κ1) is 19.9. The molecule has 10 heteroatoms. The molecule has 0 radical (unpaired) electrons. The van der Waals surface area contributed by atoms with E-state index in [0.717, 1.165) is 0 Å². The van der Waals surface area contributed by atoms with Gasteiger partial charge in [-0.05, 0) is 26.1 Å². The summed E-state index contributed by atoms with van der Waals surface area (Å²) in [6, 6.07) is 5.39. The maximum Gasteiger partial charge on any atom is 0.409 e. The first-order valence-electron chi connectivity index (χ1n) is 8.53. The van der Waals surface area contributed by atoms with E-state index in [-0.39, 0.29) is 24.5 Å². The maximum atomic E-state index is 13.7. The lowest BCUT2D eigenvalue weighted by Crippen LogP contribution is -2.52. The SMILES string of the molecule is Cc1cc(CN(C)CC(=O)N2c3ccccc3NC(=O)CC2C(F)(F)F)no1. The first-order valence-corrected chi connectivity index (χ1v) is 8.53. The van der Waals surface area contributed by atoms with E-state index < -0.39 is 30.5 Å². The van der Waals surface area contributed by atoms with Gasteiger partial charge in [-0.1, -0.05) is 17.3 Å². The first-order chi connectivity index (χ1) is 13.1. The Labute approximate surface area is 159 Å². The van der Waals surface area contributed by atoms with Crippen molar-refractivity contribution in [3.63, 3.8) is 0 Å². The van der Waals surface area contributed by atoms with E-state index in [1.807, 2.05) is 0 Å². The summed E-state index contributed by atoms with van der Waals surface area (Å²) in [5.41, 5.74) is 0.752. The highest BCUT2D eigenvalue weighted by molar-refractivity contribution is 6.05. The van der Waals surface area contributed by atoms with Crippen LogP contribution >= 0.6 is 0 Å². The molecule has 0 bridgehead atoms. The van der Waals surface area contributed by atoms with Crippen molar-refractivity contribution >= 4 is 23.2 Å². The highest BCUT2D eigenvalue weighted by Gasteiger charge is 2.49. The molecule has 1 aliphatic heterocycles. The van der Waals surface area contributed by atoms with Gasteiger partial charge in [0.15, 0.2) is 0 Å². The lowest BCUT2D eigenvalue weighted by molar-refractivity contribution is -0.158. The summed E-state index contributed by atoms with van der Waals surface area (Å²) >= 11 is 0. The van der Waals surface area contributed by atoms with E-state index in [0.29, 0.717) is 16.4 Å². The number of nitrogens with one attached hydrogen (secondary N) is 1. The molecule has 1 unspecified atom stereocenters. The fourth-order valence-corrected chi connectivity index (χ4v) is 3.13. The monoisotopic (exact) mass is 396 g/mol. The van der Waals surface area contributed by atoms with Crippen molar-refractivity contribution in [3.8, 4) is 0 Å². The normalized spacial score (nSPS) is 17.3. The molecule has 1 atom stereocenters. The van der Waals surface area contributed by atoms with E-state index in [4.69, 9.17) is 4.52 Å². The van der Waals surface area contributed by atoms with Gasteiger partial charge in [-0.2, -0.15) is 13.2 Å². The number of carbonyl (C=O) groups is 2. The van der Waals surface area contributed by atoms with Crippen molar-refractivity contribution in [2.45, 2.75) is 32.1 Å². The quantitative estimate of drug-likeness (QED) is 0.860. The van der Waals surface area contributed by atoms with Crippen molar-refractivity contribution in [2.24, 2.45) is 0 Å². The van der Waals surface area contributed by atoms with E-state index in [2.05, 4.69) is 10.5 Å². The standard InChI is InChI=1S/C18H19F3N4O3/c1-11-7-12(23-28-11)9-24(2)10-17(27)25-14-6-4-3-5-13(14)22-16(26)8-15(25)18(19,20)21/h3-7,15H,8-10H2,1-2H3,(H,22,26). The number of likely N-dealkylation sites (N-methyl/N-ethyl adjacent to an activating group) is 1. The van der Waals surface area contributed by atoms with Crippen LogP contribution in [0.25, 0.3) is 0 Å². The lowest BCUT2D eigenvalue weighted by Gasteiger charge is -2.32. The second kappa shape index (κ2) is 7.63. The third kappa shape index (κ3) is 4.33. The van der Waals surface area contributed by atoms with Gasteiger partial charge in [0, 0.05) is 12.6 Å². The summed E-state index contributed by atoms with van der Waals surface area (Å²) in [4.78, 5) is 27.0. The number of nitrogens with zero attached hydrogens (tertiary/aromatic N) is 3. The van der Waals surface area contributed by atoms with Gasteiger partial charge in [-0.15, -0.1) is 0 Å². The zero-order valence-electron chi connectivity index (χ0n) is 15.3. The zero-order valence-corrected chi connectivity index (χ0v) is 15.3. The van der Waals surface area contributed by atoms with Crippen LogP contribution < -0.4 is 10.2 Å². The Balaban J connectivity index is 1.88. The fraction of sp³-hybridized carbons (Fsp3) is 0.389. The minimum absolute atomic E-state index is 0.0198. The smallest absolute Gasteiger partial charge is 0.361 e. The summed E-state index contributed by atoms with van der Waals surface area (Å²) in [5, 5.41) is 6.25. The Morgan fingerprint density at radius 2 is 2.11 bits per heavy atom. The van der Waals surface area contributed by atoms with Gasteiger partial charge in [0.05, 0.1) is 30.0 Å². The number of anilines is 2. The molecule has 3 rings (SSSR count). The van der Waals surface area contributed by atoms with E-state index in [1.54, 1.807) is 26.1 Å². The molecule has 2 amide bonds. The van der Waals surface area contributed by atoms with E-state index >= 15 is 0 Å². The number of fused-ring (bicyclic) bond motifs is 1. The van der Waals surface area contributed by atoms with Crippen LogP contribution in [0.3, 0.4) is 0 Å². The van der Waals surface area contributed by atoms with Crippen molar-refractivity contribution in [1.82, 2.24) is 10.1 Å². The predicted molar refractivity (Wildman–Crippen MR) is 94.6 cm³/mol. The highest BCUT2D eigenvalue weighted by Crippen LogP contribution is 2.37. The summed E-state index contributed by atoms with van der Waals surface area (Å²) in [5.74, 6) is -0.969. The third-order valence-corrected chi connectivity index (χ3v) is 4.29. The highest BCUT2D eigenvalue weighted by atomic mass is 19.4. The van der Waals surface area contributed by atoms with Gasteiger partial charge >= 0.3 is 6.18 Å². The van der Waals surface area contributed by atoms with Crippen molar-refractivity contribution < 1.29 is 27.3 Å². The van der Waals surface area contributed by atoms with Crippen LogP contribution in [-0.4, -0.2) is 47.7 Å². The minimum Gasteiger partial charge on any atom is -0.361 e. The van der Waals surface area contributed by atoms with Crippen LogP contribution in [0, 0.1) is 6.92 Å². The van der Waals surface area contributed by atoms with Crippen LogP contribution in [0.2, 0.25) is 0 Å². The molecule has 1 aliphatic rings. The number of alkyl halides is 3. The summed E-state index contributed by atoms with van der Waals surface area (Å²) in [6.45, 7) is 1.65. The molecule has 1 aromatic carbocycles. The summed E-state index contributed by atoms with van der Waals surface area (Å²) < 4.78 is 46.0. The van der Waals surface area contributed by atoms with E-state index in [1.165, 1.54) is 23.1 Å². The molecule has 7 nitrogen and oxygen atoms in total. The number of amides is 2. The Bertz CT molecular complexity index is 881. The van der Waals surface area contributed by atoms with Crippen LogP contribution in [0.15, 0.2) is 34.9 Å². The number of hydrogen-bond acceptors (Lipinski definition) is 5. The molecular weight excluding hydrogens is 377 g/mol. The van der Waals surface area contributed by atoms with Gasteiger partial charge in [0.2, 0.25) is 11.8 Å². The molecule has 0 saturated heterocycles. The second-order valence-corrected chi connectivity index (χ2v) is 6.69. The number of hydrogen-bond donors (Lipinski definition) is 1. The third-order valence-electron chi connectivity index (χ3n) is 4.29. The van der Waals surface area contributed by atoms with Crippen molar-refractivity contribution in [1.29, 1.82) is 0 Å². The second-order valence-electron chi connectivity index (χ2n) is 6.69. The topological polar surface area (TPSA) is 78.7 Å². The number of para-hydroxylation sites is 2. The number of halogens is 3. The molecule has 0 spiro atoms. The van der Waals surface area contributed by atoms with Gasteiger partial charge in [-0.25, -0.2) is 0 Å². The summed E-state index contributed by atoms with van der Waals surface area (Å²) in [6.07, 6.45) is -5.62. The van der Waals surface area contributed by atoms with Crippen LogP contribution in [0.4, 0.5) is 24.5 Å². The molecule has 0 fully saturated rings. The Morgan fingerprint density at radius 3 is 2.75 bits per heavy atom. The molecule has 1 N–H and O–H groups in total. The van der Waals surface area contributed by atoms with Crippen molar-refractivity contribution in [3.05, 3.63) is 41.8 Å². The Morgan fingerprint density at radius 1 is 1.39 bits per heavy atom. The maximum absolute atomic E-state index is 13.7. The molecular formula is C18H19F3N4O3. The Kier molecular flexibility index (Phi) is 5.41. The average molecular weight is 396 g/mol. The molecule has 150 valence electrons. The molecule has 0 aliphatic carbocycles. The van der Waals surface area contributed by atoms with E-state index in [9.17, 15) is 22.8 Å². The van der Waals surface area contributed by atoms with Crippen LogP contribution in [-0.2, 0) is 16.1 Å². The molecule has 0 saturated carbocycles. The van der Waals surface area contributed by atoms with Crippen LogP contribution in [0.5, 0.6) is 0 Å². The number of rotatable bonds is 4. The molecule has 28 heavy (non-hydrogen) atoms. The van der Waals surface area contributed by atoms with Crippen LogP contribution in [0.1, 0.15) is 17.9 Å². The van der Waals surface area contributed by atoms with Gasteiger partial charge in [0.25, 0.3) is 0 Å². The minimum atomic E-state index is -4.76. The molecule has 2 aromatic rings. The number of aryl methyl sites for hydroxylation is 1. The zero-order chi connectivity index (χ0) is 20.5. The van der Waals surface area contributed by atoms with Gasteiger partial charge in [-0.3, -0.25) is 19.4 Å². The molecule has 2 heterocycles. The predicted octanol–water partition coefficient (Wildman–Crippen LogP) is 2.72. The Hall–Kier alpha value is -2.88. The fourth-order valence-electron chi connectivity index (χ4n) is 3.13. The average Bonchev–Trinajstić information content (AvgIpc) is 2.91. The lowest BCUT2D eigenvalue weighted by atomic mass is 10.1. The number of benzene rings is 1. The van der Waals surface area contributed by atoms with Gasteiger partial charge in [0.1, 0.15) is 11.8 Å². The summed E-state index contributed by atoms with van der Waals surface area (Å²) in [7, 11) is 1.59. The molecule has 1 aromatic heterocycles. The largest absolute Gasteiger partial charge is 0.409 e. The number of aromatic nitrogens is 1. The van der Waals surface area contributed by atoms with Gasteiger partial charge < -0.3 is 9.84 Å². The van der Waals surface area contributed by atoms with Crippen molar-refractivity contribution in [2.75, 3.05) is 23.8 Å².